The topological polar surface area (TPSA) is 35.2 Å². The lowest BCUT2D eigenvalue weighted by Gasteiger charge is -2.14. The fraction of sp³-hybridized carbons (Fsp3) is 0.333. The second kappa shape index (κ2) is 5.33. The minimum atomic E-state index is -0.0239. The number of aryl methyl sites for hydroxylation is 1. The summed E-state index contributed by atoms with van der Waals surface area (Å²) in [6, 6.07) is 6.01. The van der Waals surface area contributed by atoms with Crippen molar-refractivity contribution in [1.82, 2.24) is 0 Å². The van der Waals surface area contributed by atoms with E-state index < -0.39 is 0 Å². The monoisotopic (exact) mass is 269 g/mol. The normalized spacial score (nSPS) is 12.3. The van der Waals surface area contributed by atoms with E-state index in [0.717, 1.165) is 21.4 Å². The number of nitrogens with two attached hydrogens (primary N) is 1. The van der Waals surface area contributed by atoms with Gasteiger partial charge in [-0.1, -0.05) is 34.6 Å². The summed E-state index contributed by atoms with van der Waals surface area (Å²) < 4.78 is 6.43. The molecule has 1 aromatic carbocycles. The van der Waals surface area contributed by atoms with Crippen LogP contribution in [0.5, 0.6) is 5.75 Å². The molecular formula is C12H16BrNO. The fourth-order valence-corrected chi connectivity index (χ4v) is 1.41. The molecule has 0 aromatic heterocycles. The van der Waals surface area contributed by atoms with Crippen LogP contribution in [0.4, 0.5) is 0 Å². The number of halogens is 1. The van der Waals surface area contributed by atoms with E-state index in [1.165, 1.54) is 0 Å². The predicted molar refractivity (Wildman–Crippen MR) is 67.3 cm³/mol. The van der Waals surface area contributed by atoms with E-state index >= 15 is 0 Å². The molecule has 1 rings (SSSR count). The maximum atomic E-state index is 5.86. The van der Waals surface area contributed by atoms with Gasteiger partial charge >= 0.3 is 0 Å². The van der Waals surface area contributed by atoms with Gasteiger partial charge in [-0.2, -0.15) is 0 Å². The molecule has 1 aromatic rings. The Labute approximate surface area is 99.3 Å². The maximum absolute atomic E-state index is 5.86. The van der Waals surface area contributed by atoms with E-state index in [-0.39, 0.29) is 6.04 Å². The number of benzene rings is 1. The van der Waals surface area contributed by atoms with Crippen molar-refractivity contribution in [3.63, 3.8) is 0 Å². The van der Waals surface area contributed by atoms with Crippen LogP contribution in [0.2, 0.25) is 0 Å². The van der Waals surface area contributed by atoms with Gasteiger partial charge in [-0.05, 0) is 25.5 Å². The van der Waals surface area contributed by atoms with Crippen LogP contribution in [-0.4, -0.2) is 6.61 Å². The lowest BCUT2D eigenvalue weighted by atomic mass is 10.1. The van der Waals surface area contributed by atoms with E-state index in [4.69, 9.17) is 10.5 Å². The highest BCUT2D eigenvalue weighted by Gasteiger charge is 2.08. The molecule has 3 heteroatoms. The van der Waals surface area contributed by atoms with Crippen molar-refractivity contribution in [3.8, 4) is 5.75 Å². The molecule has 2 N–H and O–H groups in total. The van der Waals surface area contributed by atoms with Crippen molar-refractivity contribution in [1.29, 1.82) is 0 Å². The van der Waals surface area contributed by atoms with Gasteiger partial charge in [0.1, 0.15) is 12.4 Å². The van der Waals surface area contributed by atoms with Gasteiger partial charge in [-0.3, -0.25) is 0 Å². The third kappa shape index (κ3) is 3.68. The Morgan fingerprint density at radius 2 is 2.27 bits per heavy atom. The molecule has 0 saturated heterocycles. The second-order valence-electron chi connectivity index (χ2n) is 3.64. The van der Waals surface area contributed by atoms with Crippen molar-refractivity contribution < 1.29 is 4.74 Å². The first kappa shape index (κ1) is 12.3. The molecule has 0 amide bonds. The standard InChI is InChI=1S/C12H16BrNO/c1-8-4-5-11(10(3)14)12(6-8)15-7-9(2)13/h4-6,10H,2,7,14H2,1,3H3/t10-/m1/s1. The van der Waals surface area contributed by atoms with Crippen molar-refractivity contribution in [2.45, 2.75) is 19.9 Å². The summed E-state index contributed by atoms with van der Waals surface area (Å²) in [6.45, 7) is 8.16. The van der Waals surface area contributed by atoms with Crippen LogP contribution in [0.15, 0.2) is 29.3 Å². The van der Waals surface area contributed by atoms with E-state index in [1.54, 1.807) is 0 Å². The Morgan fingerprint density at radius 3 is 2.80 bits per heavy atom. The van der Waals surface area contributed by atoms with Crippen molar-refractivity contribution >= 4 is 15.9 Å². The Balaban J connectivity index is 2.91. The molecule has 0 aliphatic rings. The van der Waals surface area contributed by atoms with Gasteiger partial charge in [-0.25, -0.2) is 0 Å². The first-order chi connectivity index (χ1) is 7.00. The maximum Gasteiger partial charge on any atom is 0.124 e. The highest BCUT2D eigenvalue weighted by atomic mass is 79.9. The molecule has 0 aliphatic heterocycles. The molecule has 0 fully saturated rings. The molecule has 0 unspecified atom stereocenters. The van der Waals surface area contributed by atoms with Crippen LogP contribution in [0.25, 0.3) is 0 Å². The lowest BCUT2D eigenvalue weighted by molar-refractivity contribution is 0.354. The highest BCUT2D eigenvalue weighted by molar-refractivity contribution is 9.11. The molecule has 1 atom stereocenters. The Hall–Kier alpha value is -0.800. The van der Waals surface area contributed by atoms with Gasteiger partial charge in [0.2, 0.25) is 0 Å². The summed E-state index contributed by atoms with van der Waals surface area (Å²) in [5.41, 5.74) is 8.04. The summed E-state index contributed by atoms with van der Waals surface area (Å²) in [5, 5.41) is 0. The van der Waals surface area contributed by atoms with Crippen molar-refractivity contribution in [2.75, 3.05) is 6.61 Å². The number of ether oxygens (including phenoxy) is 1. The van der Waals surface area contributed by atoms with E-state index in [1.807, 2.05) is 32.0 Å². The Bertz CT molecular complexity index is 361. The highest BCUT2D eigenvalue weighted by Crippen LogP contribution is 2.25. The predicted octanol–water partition coefficient (Wildman–Crippen LogP) is 3.30. The lowest BCUT2D eigenvalue weighted by Crippen LogP contribution is -2.08. The first-order valence-electron chi connectivity index (χ1n) is 4.83. The first-order valence-corrected chi connectivity index (χ1v) is 5.62. The third-order valence-corrected chi connectivity index (χ3v) is 2.27. The molecule has 0 bridgehead atoms. The minimum absolute atomic E-state index is 0.0239. The Morgan fingerprint density at radius 1 is 1.60 bits per heavy atom. The Kier molecular flexibility index (Phi) is 4.36. The molecule has 0 saturated carbocycles. The van der Waals surface area contributed by atoms with E-state index in [2.05, 4.69) is 22.5 Å². The molecule has 15 heavy (non-hydrogen) atoms. The molecule has 0 spiro atoms. The average Bonchev–Trinajstić information content (AvgIpc) is 2.14. The quantitative estimate of drug-likeness (QED) is 0.911. The summed E-state index contributed by atoms with van der Waals surface area (Å²) in [4.78, 5) is 0. The van der Waals surface area contributed by atoms with Crippen LogP contribution in [-0.2, 0) is 0 Å². The third-order valence-electron chi connectivity index (χ3n) is 2.04. The van der Waals surface area contributed by atoms with Crippen LogP contribution in [0.1, 0.15) is 24.1 Å². The van der Waals surface area contributed by atoms with Gasteiger partial charge in [-0.15, -0.1) is 0 Å². The molecule has 0 aliphatic carbocycles. The molecule has 0 heterocycles. The summed E-state index contributed by atoms with van der Waals surface area (Å²) in [7, 11) is 0. The van der Waals surface area contributed by atoms with E-state index in [9.17, 15) is 0 Å². The van der Waals surface area contributed by atoms with Gasteiger partial charge < -0.3 is 10.5 Å². The van der Waals surface area contributed by atoms with Crippen LogP contribution in [0, 0.1) is 6.92 Å². The molecule has 2 nitrogen and oxygen atoms in total. The number of rotatable bonds is 4. The molecule has 82 valence electrons. The fourth-order valence-electron chi connectivity index (χ4n) is 1.30. The molecule has 0 radical (unpaired) electrons. The largest absolute Gasteiger partial charge is 0.488 e. The van der Waals surface area contributed by atoms with E-state index in [0.29, 0.717) is 6.61 Å². The zero-order valence-corrected chi connectivity index (χ0v) is 10.7. The van der Waals surface area contributed by atoms with Gasteiger partial charge in [0, 0.05) is 16.1 Å². The summed E-state index contributed by atoms with van der Waals surface area (Å²) in [5.74, 6) is 0.839. The number of hydrogen-bond donors (Lipinski definition) is 1. The van der Waals surface area contributed by atoms with Crippen LogP contribution in [0.3, 0.4) is 0 Å². The zero-order valence-electron chi connectivity index (χ0n) is 9.09. The van der Waals surface area contributed by atoms with Crippen LogP contribution >= 0.6 is 15.9 Å². The number of hydrogen-bond acceptors (Lipinski definition) is 2. The average molecular weight is 270 g/mol. The SMILES string of the molecule is C=C(Br)COc1cc(C)ccc1[C@@H](C)N. The summed E-state index contributed by atoms with van der Waals surface area (Å²) in [6.07, 6.45) is 0. The second-order valence-corrected chi connectivity index (χ2v) is 4.76. The zero-order chi connectivity index (χ0) is 11.4. The molecular weight excluding hydrogens is 254 g/mol. The van der Waals surface area contributed by atoms with Crippen molar-refractivity contribution in [3.05, 3.63) is 40.4 Å². The van der Waals surface area contributed by atoms with Gasteiger partial charge in [0.15, 0.2) is 0 Å². The van der Waals surface area contributed by atoms with Crippen LogP contribution < -0.4 is 10.5 Å². The van der Waals surface area contributed by atoms with Crippen molar-refractivity contribution in [2.24, 2.45) is 5.73 Å². The van der Waals surface area contributed by atoms with Gasteiger partial charge in [0.05, 0.1) is 0 Å². The summed E-state index contributed by atoms with van der Waals surface area (Å²) >= 11 is 3.26. The van der Waals surface area contributed by atoms with Gasteiger partial charge in [0.25, 0.3) is 0 Å². The minimum Gasteiger partial charge on any atom is -0.488 e. The smallest absolute Gasteiger partial charge is 0.124 e.